The van der Waals surface area contributed by atoms with E-state index in [4.69, 9.17) is 0 Å². The molecule has 0 bridgehead atoms. The summed E-state index contributed by atoms with van der Waals surface area (Å²) in [7, 11) is 0. The van der Waals surface area contributed by atoms with Crippen molar-refractivity contribution in [3.8, 4) is 11.3 Å². The molecule has 0 amide bonds. The molecule has 1 aliphatic rings. The minimum absolute atomic E-state index is 0.571. The fraction of sp³-hybridized carbons (Fsp3) is 0.357. The summed E-state index contributed by atoms with van der Waals surface area (Å²) in [4.78, 5) is 5.21. The molecule has 2 heterocycles. The van der Waals surface area contributed by atoms with Gasteiger partial charge in [-0.15, -0.1) is 0 Å². The summed E-state index contributed by atoms with van der Waals surface area (Å²) in [5.41, 5.74) is 1.92. The Bertz CT molecular complexity index is 540. The van der Waals surface area contributed by atoms with Crippen molar-refractivity contribution in [1.82, 2.24) is 9.55 Å². The van der Waals surface area contributed by atoms with Crippen molar-refractivity contribution in [3.63, 3.8) is 0 Å². The minimum Gasteiger partial charge on any atom is -0.334 e. The number of benzene rings is 1. The van der Waals surface area contributed by atoms with E-state index in [1.165, 1.54) is 12.8 Å². The standard InChI is InChI=1S/C14H14F2N2S/c15-14(16)19-11-6-4-10(5-7-11)12-9-18-8-2-1-3-13(18)17-12/h4-7,9,14H,1-3,8H2. The van der Waals surface area contributed by atoms with Gasteiger partial charge in [-0.2, -0.15) is 8.78 Å². The Morgan fingerprint density at radius 3 is 2.63 bits per heavy atom. The molecule has 0 spiro atoms. The maximum Gasteiger partial charge on any atom is 0.288 e. The number of alkyl halides is 2. The van der Waals surface area contributed by atoms with Gasteiger partial charge >= 0.3 is 0 Å². The number of fused-ring (bicyclic) bond motifs is 1. The first-order valence-electron chi connectivity index (χ1n) is 6.34. The maximum atomic E-state index is 12.2. The van der Waals surface area contributed by atoms with Crippen LogP contribution in [0.1, 0.15) is 18.7 Å². The van der Waals surface area contributed by atoms with E-state index in [0.717, 1.165) is 30.0 Å². The number of thioether (sulfide) groups is 1. The van der Waals surface area contributed by atoms with Crippen LogP contribution in [0.3, 0.4) is 0 Å². The second-order valence-corrected chi connectivity index (χ2v) is 5.66. The van der Waals surface area contributed by atoms with Gasteiger partial charge < -0.3 is 4.57 Å². The molecule has 1 aromatic carbocycles. The molecule has 0 unspecified atom stereocenters. The van der Waals surface area contributed by atoms with Crippen molar-refractivity contribution in [2.45, 2.75) is 36.5 Å². The van der Waals surface area contributed by atoms with Gasteiger partial charge in [0, 0.05) is 29.6 Å². The van der Waals surface area contributed by atoms with Gasteiger partial charge in [-0.3, -0.25) is 0 Å². The lowest BCUT2D eigenvalue weighted by atomic mass is 10.2. The van der Waals surface area contributed by atoms with E-state index < -0.39 is 5.76 Å². The molecule has 0 saturated carbocycles. The lowest BCUT2D eigenvalue weighted by Crippen LogP contribution is -2.08. The molecule has 5 heteroatoms. The highest BCUT2D eigenvalue weighted by Gasteiger charge is 2.13. The number of imidazole rings is 1. The van der Waals surface area contributed by atoms with Gasteiger partial charge in [-0.1, -0.05) is 23.9 Å². The number of aryl methyl sites for hydroxylation is 2. The van der Waals surface area contributed by atoms with Gasteiger partial charge in [-0.25, -0.2) is 4.98 Å². The second-order valence-electron chi connectivity index (χ2n) is 4.60. The summed E-state index contributed by atoms with van der Waals surface area (Å²) in [6.45, 7) is 1.03. The molecule has 19 heavy (non-hydrogen) atoms. The maximum absolute atomic E-state index is 12.2. The van der Waals surface area contributed by atoms with Crippen LogP contribution in [0.25, 0.3) is 11.3 Å². The quantitative estimate of drug-likeness (QED) is 0.784. The van der Waals surface area contributed by atoms with Crippen molar-refractivity contribution in [2.75, 3.05) is 0 Å². The molecule has 0 saturated heterocycles. The Hall–Kier alpha value is -1.36. The number of nitrogens with zero attached hydrogens (tertiary/aromatic N) is 2. The Morgan fingerprint density at radius 2 is 1.95 bits per heavy atom. The number of rotatable bonds is 3. The van der Waals surface area contributed by atoms with Crippen LogP contribution in [-0.2, 0) is 13.0 Å². The molecule has 100 valence electrons. The third-order valence-corrected chi connectivity index (χ3v) is 4.01. The van der Waals surface area contributed by atoms with E-state index in [1.807, 2.05) is 12.1 Å². The normalized spacial score (nSPS) is 14.7. The van der Waals surface area contributed by atoms with Crippen LogP contribution in [0.4, 0.5) is 8.78 Å². The van der Waals surface area contributed by atoms with E-state index in [0.29, 0.717) is 16.7 Å². The summed E-state index contributed by atoms with van der Waals surface area (Å²) in [5.74, 6) is -1.24. The van der Waals surface area contributed by atoms with Crippen LogP contribution < -0.4 is 0 Å². The van der Waals surface area contributed by atoms with Gasteiger partial charge in [-0.05, 0) is 25.0 Å². The fourth-order valence-electron chi connectivity index (χ4n) is 2.36. The van der Waals surface area contributed by atoms with Gasteiger partial charge in [0.15, 0.2) is 0 Å². The van der Waals surface area contributed by atoms with Crippen molar-refractivity contribution in [1.29, 1.82) is 0 Å². The number of halogens is 2. The largest absolute Gasteiger partial charge is 0.334 e. The topological polar surface area (TPSA) is 17.8 Å². The van der Waals surface area contributed by atoms with Crippen molar-refractivity contribution >= 4 is 11.8 Å². The van der Waals surface area contributed by atoms with Crippen LogP contribution in [0.15, 0.2) is 35.4 Å². The lowest BCUT2D eigenvalue weighted by Gasteiger charge is -2.11. The van der Waals surface area contributed by atoms with E-state index in [1.54, 1.807) is 12.1 Å². The summed E-state index contributed by atoms with van der Waals surface area (Å²) in [5, 5.41) is 0. The molecule has 3 rings (SSSR count). The van der Waals surface area contributed by atoms with Crippen molar-refractivity contribution in [3.05, 3.63) is 36.3 Å². The third kappa shape index (κ3) is 2.81. The highest BCUT2D eigenvalue weighted by atomic mass is 32.2. The van der Waals surface area contributed by atoms with E-state index >= 15 is 0 Å². The Labute approximate surface area is 114 Å². The average Bonchev–Trinajstić information content (AvgIpc) is 2.82. The zero-order valence-electron chi connectivity index (χ0n) is 10.4. The first-order valence-corrected chi connectivity index (χ1v) is 7.21. The first kappa shape index (κ1) is 12.7. The molecule has 1 aliphatic heterocycles. The number of hydrogen-bond donors (Lipinski definition) is 0. The fourth-order valence-corrected chi connectivity index (χ4v) is 2.86. The molecule has 0 N–H and O–H groups in total. The molecule has 0 fully saturated rings. The predicted octanol–water partition coefficient (Wildman–Crippen LogP) is 4.20. The summed E-state index contributed by atoms with van der Waals surface area (Å²) >= 11 is 0.571. The molecular formula is C14H14F2N2S. The highest BCUT2D eigenvalue weighted by Crippen LogP contribution is 2.28. The molecular weight excluding hydrogens is 266 g/mol. The molecule has 2 nitrogen and oxygen atoms in total. The van der Waals surface area contributed by atoms with Crippen LogP contribution in [0, 0.1) is 0 Å². The molecule has 0 radical (unpaired) electrons. The third-order valence-electron chi connectivity index (χ3n) is 3.28. The molecule has 1 aromatic heterocycles. The van der Waals surface area contributed by atoms with E-state index in [-0.39, 0.29) is 0 Å². The number of aromatic nitrogens is 2. The van der Waals surface area contributed by atoms with Crippen LogP contribution in [-0.4, -0.2) is 15.3 Å². The minimum atomic E-state index is -2.37. The number of hydrogen-bond acceptors (Lipinski definition) is 2. The summed E-state index contributed by atoms with van der Waals surface area (Å²) in [6, 6.07) is 7.17. The monoisotopic (exact) mass is 280 g/mol. The molecule has 0 atom stereocenters. The van der Waals surface area contributed by atoms with Gasteiger partial charge in [0.1, 0.15) is 5.82 Å². The van der Waals surface area contributed by atoms with Crippen LogP contribution >= 0.6 is 11.8 Å². The van der Waals surface area contributed by atoms with Crippen molar-refractivity contribution < 1.29 is 8.78 Å². The van der Waals surface area contributed by atoms with Gasteiger partial charge in [0.2, 0.25) is 0 Å². The summed E-state index contributed by atoms with van der Waals surface area (Å²) < 4.78 is 26.7. The van der Waals surface area contributed by atoms with Crippen LogP contribution in [0.5, 0.6) is 0 Å². The summed E-state index contributed by atoms with van der Waals surface area (Å²) in [6.07, 6.45) is 5.48. The Kier molecular flexibility index (Phi) is 3.55. The zero-order chi connectivity index (χ0) is 13.2. The van der Waals surface area contributed by atoms with Crippen LogP contribution in [0.2, 0.25) is 0 Å². The highest BCUT2D eigenvalue weighted by molar-refractivity contribution is 7.99. The predicted molar refractivity (Wildman–Crippen MR) is 72.5 cm³/mol. The molecule has 0 aliphatic carbocycles. The SMILES string of the molecule is FC(F)Sc1ccc(-c2cn3c(n2)CCCC3)cc1. The zero-order valence-corrected chi connectivity index (χ0v) is 11.2. The first-order chi connectivity index (χ1) is 9.22. The second kappa shape index (κ2) is 5.33. The Balaban J connectivity index is 1.83. The van der Waals surface area contributed by atoms with Gasteiger partial charge in [0.05, 0.1) is 5.69 Å². The Morgan fingerprint density at radius 1 is 1.16 bits per heavy atom. The smallest absolute Gasteiger partial charge is 0.288 e. The van der Waals surface area contributed by atoms with E-state index in [9.17, 15) is 8.78 Å². The van der Waals surface area contributed by atoms with Crippen molar-refractivity contribution in [2.24, 2.45) is 0 Å². The van der Waals surface area contributed by atoms with Gasteiger partial charge in [0.25, 0.3) is 5.76 Å². The molecule has 2 aromatic rings. The van der Waals surface area contributed by atoms with E-state index in [2.05, 4.69) is 15.7 Å². The average molecular weight is 280 g/mol. The lowest BCUT2D eigenvalue weighted by molar-refractivity contribution is 0.252.